The fraction of sp³-hybridized carbons (Fsp3) is 0.250. The third kappa shape index (κ3) is 1.74. The zero-order chi connectivity index (χ0) is 9.14. The molecule has 12 heavy (non-hydrogen) atoms. The minimum atomic E-state index is 0.603. The second kappa shape index (κ2) is 3.54. The van der Waals surface area contributed by atoms with Gasteiger partial charge >= 0.3 is 0 Å². The fourth-order valence-electron chi connectivity index (χ4n) is 0.975. The van der Waals surface area contributed by atoms with Gasteiger partial charge in [0.25, 0.3) is 0 Å². The van der Waals surface area contributed by atoms with Crippen LogP contribution in [0.3, 0.4) is 0 Å². The first kappa shape index (κ1) is 9.00. The van der Waals surface area contributed by atoms with Crippen molar-refractivity contribution in [2.45, 2.75) is 6.92 Å². The van der Waals surface area contributed by atoms with E-state index >= 15 is 0 Å². The third-order valence-corrected chi connectivity index (χ3v) is 1.88. The van der Waals surface area contributed by atoms with Gasteiger partial charge in [-0.1, -0.05) is 17.7 Å². The molecule has 1 aromatic carbocycles. The van der Waals surface area contributed by atoms with E-state index in [0.717, 1.165) is 11.3 Å². The van der Waals surface area contributed by atoms with Crippen molar-refractivity contribution in [1.82, 2.24) is 0 Å². The zero-order valence-electron chi connectivity index (χ0n) is 6.91. The molecule has 0 aliphatic rings. The van der Waals surface area contributed by atoms with Crippen molar-refractivity contribution in [1.29, 1.82) is 0 Å². The molecule has 1 aromatic rings. The SMILES string of the molecule is Cc1ccc(Cl)cc1N(C)N=O. The smallest absolute Gasteiger partial charge is 0.0666 e. The van der Waals surface area contributed by atoms with E-state index in [1.165, 1.54) is 5.01 Å². The number of halogens is 1. The summed E-state index contributed by atoms with van der Waals surface area (Å²) >= 11 is 5.75. The van der Waals surface area contributed by atoms with E-state index in [4.69, 9.17) is 11.6 Å². The monoisotopic (exact) mass is 184 g/mol. The minimum Gasteiger partial charge on any atom is -0.232 e. The number of nitroso groups, excluding NO2 is 1. The summed E-state index contributed by atoms with van der Waals surface area (Å²) in [7, 11) is 1.59. The van der Waals surface area contributed by atoms with Gasteiger partial charge in [0.15, 0.2) is 0 Å². The van der Waals surface area contributed by atoms with E-state index in [2.05, 4.69) is 5.29 Å². The van der Waals surface area contributed by atoms with Gasteiger partial charge in [-0.15, -0.1) is 4.91 Å². The summed E-state index contributed by atoms with van der Waals surface area (Å²) < 4.78 is 0. The molecule has 0 heterocycles. The standard InChI is InChI=1S/C8H9ClN2O/c1-6-3-4-7(9)5-8(6)11(2)10-12/h3-5H,1-2H3. The van der Waals surface area contributed by atoms with Crippen LogP contribution in [-0.2, 0) is 0 Å². The summed E-state index contributed by atoms with van der Waals surface area (Å²) in [5, 5.41) is 4.64. The summed E-state index contributed by atoms with van der Waals surface area (Å²) in [5.41, 5.74) is 1.71. The number of rotatable bonds is 2. The van der Waals surface area contributed by atoms with Crippen LogP contribution in [0.1, 0.15) is 5.56 Å². The predicted octanol–water partition coefficient (Wildman–Crippen LogP) is 2.77. The molecule has 0 spiro atoms. The lowest BCUT2D eigenvalue weighted by atomic mass is 10.2. The highest BCUT2D eigenvalue weighted by molar-refractivity contribution is 6.30. The molecular formula is C8H9ClN2O. The van der Waals surface area contributed by atoms with Crippen LogP contribution in [-0.4, -0.2) is 7.05 Å². The van der Waals surface area contributed by atoms with Crippen LogP contribution in [0.2, 0.25) is 5.02 Å². The third-order valence-electron chi connectivity index (χ3n) is 1.64. The van der Waals surface area contributed by atoms with E-state index in [1.807, 2.05) is 13.0 Å². The minimum absolute atomic E-state index is 0.603. The molecule has 0 radical (unpaired) electrons. The van der Waals surface area contributed by atoms with Crippen molar-refractivity contribution in [3.63, 3.8) is 0 Å². The summed E-state index contributed by atoms with van der Waals surface area (Å²) in [6.07, 6.45) is 0. The van der Waals surface area contributed by atoms with Crippen LogP contribution in [0.15, 0.2) is 23.5 Å². The van der Waals surface area contributed by atoms with Crippen molar-refractivity contribution in [3.8, 4) is 0 Å². The number of hydrogen-bond acceptors (Lipinski definition) is 2. The highest BCUT2D eigenvalue weighted by Crippen LogP contribution is 2.23. The van der Waals surface area contributed by atoms with Crippen molar-refractivity contribution in [2.75, 3.05) is 12.1 Å². The Kier molecular flexibility index (Phi) is 2.65. The second-order valence-electron chi connectivity index (χ2n) is 2.54. The van der Waals surface area contributed by atoms with Gasteiger partial charge in [0.1, 0.15) is 0 Å². The van der Waals surface area contributed by atoms with Crippen LogP contribution >= 0.6 is 11.6 Å². The molecule has 0 fully saturated rings. The Hall–Kier alpha value is -1.09. The molecule has 0 aliphatic carbocycles. The average molecular weight is 185 g/mol. The van der Waals surface area contributed by atoms with Crippen molar-refractivity contribution in [2.24, 2.45) is 5.29 Å². The first-order chi connectivity index (χ1) is 5.65. The molecule has 0 saturated heterocycles. The fourth-order valence-corrected chi connectivity index (χ4v) is 1.14. The van der Waals surface area contributed by atoms with Gasteiger partial charge in [-0.05, 0) is 24.6 Å². The first-order valence-corrected chi connectivity index (χ1v) is 3.86. The van der Waals surface area contributed by atoms with Gasteiger partial charge in [0.05, 0.1) is 11.0 Å². The molecule has 4 heteroatoms. The largest absolute Gasteiger partial charge is 0.232 e. The van der Waals surface area contributed by atoms with E-state index in [0.29, 0.717) is 5.02 Å². The maximum absolute atomic E-state index is 10.2. The first-order valence-electron chi connectivity index (χ1n) is 3.48. The Bertz CT molecular complexity index is 301. The molecule has 3 nitrogen and oxygen atoms in total. The van der Waals surface area contributed by atoms with Crippen molar-refractivity contribution in [3.05, 3.63) is 33.7 Å². The number of hydrogen-bond donors (Lipinski definition) is 0. The molecule has 64 valence electrons. The van der Waals surface area contributed by atoms with E-state index in [-0.39, 0.29) is 0 Å². The lowest BCUT2D eigenvalue weighted by Crippen LogP contribution is -2.08. The number of aryl methyl sites for hydroxylation is 1. The summed E-state index contributed by atoms with van der Waals surface area (Å²) in [5.74, 6) is 0. The van der Waals surface area contributed by atoms with E-state index in [9.17, 15) is 4.91 Å². The number of anilines is 1. The predicted molar refractivity (Wildman–Crippen MR) is 50.4 cm³/mol. The lowest BCUT2D eigenvalue weighted by molar-refractivity contribution is 0.995. The zero-order valence-corrected chi connectivity index (χ0v) is 7.67. The molecule has 0 aromatic heterocycles. The normalized spacial score (nSPS) is 9.58. The van der Waals surface area contributed by atoms with E-state index < -0.39 is 0 Å². The Morgan fingerprint density at radius 1 is 1.50 bits per heavy atom. The second-order valence-corrected chi connectivity index (χ2v) is 2.97. The Morgan fingerprint density at radius 2 is 2.17 bits per heavy atom. The molecule has 0 saturated carbocycles. The lowest BCUT2D eigenvalue weighted by Gasteiger charge is -2.11. The topological polar surface area (TPSA) is 32.7 Å². The van der Waals surface area contributed by atoms with Crippen molar-refractivity contribution < 1.29 is 0 Å². The Morgan fingerprint density at radius 3 is 2.75 bits per heavy atom. The molecule has 0 amide bonds. The Labute approximate surface area is 75.9 Å². The maximum Gasteiger partial charge on any atom is 0.0666 e. The van der Waals surface area contributed by atoms with Crippen LogP contribution in [0.4, 0.5) is 5.69 Å². The highest BCUT2D eigenvalue weighted by atomic mass is 35.5. The van der Waals surface area contributed by atoms with Gasteiger partial charge in [-0.25, -0.2) is 5.01 Å². The Balaban J connectivity index is 3.12. The average Bonchev–Trinajstić information content (AvgIpc) is 2.08. The van der Waals surface area contributed by atoms with Crippen LogP contribution in [0.25, 0.3) is 0 Å². The van der Waals surface area contributed by atoms with Crippen LogP contribution in [0, 0.1) is 11.8 Å². The molecule has 0 aliphatic heterocycles. The number of benzene rings is 1. The molecule has 1 rings (SSSR count). The van der Waals surface area contributed by atoms with Gasteiger partial charge < -0.3 is 0 Å². The van der Waals surface area contributed by atoms with Crippen LogP contribution in [0.5, 0.6) is 0 Å². The van der Waals surface area contributed by atoms with Gasteiger partial charge in [0, 0.05) is 12.1 Å². The molecule has 0 unspecified atom stereocenters. The molecule has 0 atom stereocenters. The summed E-state index contributed by atoms with van der Waals surface area (Å²) in [4.78, 5) is 10.2. The molecule has 0 N–H and O–H groups in total. The van der Waals surface area contributed by atoms with Gasteiger partial charge in [-0.2, -0.15) is 0 Å². The molecule has 0 bridgehead atoms. The number of nitrogens with zero attached hydrogens (tertiary/aromatic N) is 2. The van der Waals surface area contributed by atoms with Crippen LogP contribution < -0.4 is 5.01 Å². The van der Waals surface area contributed by atoms with E-state index in [1.54, 1.807) is 19.2 Å². The van der Waals surface area contributed by atoms with Gasteiger partial charge in [0.2, 0.25) is 0 Å². The quantitative estimate of drug-likeness (QED) is 0.523. The summed E-state index contributed by atoms with van der Waals surface area (Å²) in [6.45, 7) is 1.90. The van der Waals surface area contributed by atoms with Gasteiger partial charge in [-0.3, -0.25) is 0 Å². The van der Waals surface area contributed by atoms with Crippen molar-refractivity contribution >= 4 is 17.3 Å². The maximum atomic E-state index is 10.2. The highest BCUT2D eigenvalue weighted by Gasteiger charge is 2.04. The summed E-state index contributed by atoms with van der Waals surface area (Å²) in [6, 6.07) is 5.33. The molecular weight excluding hydrogens is 176 g/mol.